The van der Waals surface area contributed by atoms with Gasteiger partial charge in [0.2, 0.25) is 5.88 Å². The first-order chi connectivity index (χ1) is 16.6. The minimum atomic E-state index is -0.619. The molecule has 2 aromatic carbocycles. The van der Waals surface area contributed by atoms with Gasteiger partial charge in [-0.05, 0) is 39.8 Å². The van der Waals surface area contributed by atoms with Crippen LogP contribution in [0, 0.1) is 11.3 Å². The number of rotatable bonds is 6. The van der Waals surface area contributed by atoms with Gasteiger partial charge in [-0.2, -0.15) is 5.26 Å². The molecule has 9 heteroatoms. The zero-order valence-electron chi connectivity index (χ0n) is 19.8. The molecule has 0 unspecified atom stereocenters. The molecule has 1 fully saturated rings. The van der Waals surface area contributed by atoms with E-state index in [0.717, 1.165) is 5.56 Å². The van der Waals surface area contributed by atoms with Crippen molar-refractivity contribution in [2.75, 3.05) is 6.61 Å². The second-order valence-electron chi connectivity index (χ2n) is 9.12. The van der Waals surface area contributed by atoms with Crippen LogP contribution in [-0.4, -0.2) is 36.2 Å². The van der Waals surface area contributed by atoms with Crippen LogP contribution in [0.4, 0.5) is 0 Å². The molecule has 0 atom stereocenters. The van der Waals surface area contributed by atoms with Crippen molar-refractivity contribution >= 4 is 42.1 Å². The maximum Gasteiger partial charge on any atom is 0.496 e. The third kappa shape index (κ3) is 4.67. The van der Waals surface area contributed by atoms with Crippen molar-refractivity contribution in [1.82, 2.24) is 4.98 Å². The summed E-state index contributed by atoms with van der Waals surface area (Å²) >= 11 is 13.7. The predicted octanol–water partition coefficient (Wildman–Crippen LogP) is 5.74. The molecular weight excluding hydrogens is 486 g/mol. The number of nitrogens with zero attached hydrogens (tertiary/aromatic N) is 2. The highest BCUT2D eigenvalue weighted by atomic mass is 35.5. The lowest BCUT2D eigenvalue weighted by Crippen LogP contribution is -2.41. The summed E-state index contributed by atoms with van der Waals surface area (Å²) in [6.07, 6.45) is 0.628. The molecule has 3 aromatic rings. The Hall–Kier alpha value is -2.89. The SMILES string of the molecule is CC1(C)OB(c2cccc(-c3cccc(-c4ccc(C=O)c(OCC#N)n4)c3Cl)c2Cl)OC1(C)C. The minimum Gasteiger partial charge on any atom is -0.462 e. The first-order valence-electron chi connectivity index (χ1n) is 11.0. The first kappa shape index (κ1) is 25.2. The lowest BCUT2D eigenvalue weighted by molar-refractivity contribution is 0.00578. The molecule has 6 nitrogen and oxygen atoms in total. The number of nitriles is 1. The summed E-state index contributed by atoms with van der Waals surface area (Å²) < 4.78 is 17.7. The van der Waals surface area contributed by atoms with E-state index < -0.39 is 18.3 Å². The van der Waals surface area contributed by atoms with Gasteiger partial charge >= 0.3 is 7.12 Å². The number of hydrogen-bond acceptors (Lipinski definition) is 6. The van der Waals surface area contributed by atoms with Gasteiger partial charge in [0.05, 0.1) is 27.5 Å². The number of aldehydes is 1. The van der Waals surface area contributed by atoms with Gasteiger partial charge in [-0.15, -0.1) is 0 Å². The monoisotopic (exact) mass is 508 g/mol. The average molecular weight is 509 g/mol. The lowest BCUT2D eigenvalue weighted by atomic mass is 9.77. The summed E-state index contributed by atoms with van der Waals surface area (Å²) in [5.41, 5.74) is 2.50. The number of aromatic nitrogens is 1. The van der Waals surface area contributed by atoms with Gasteiger partial charge in [0, 0.05) is 27.2 Å². The van der Waals surface area contributed by atoms with Gasteiger partial charge in [0.1, 0.15) is 6.07 Å². The summed E-state index contributed by atoms with van der Waals surface area (Å²) in [4.78, 5) is 15.8. The topological polar surface area (TPSA) is 81.4 Å². The molecule has 178 valence electrons. The van der Waals surface area contributed by atoms with Crippen molar-refractivity contribution in [2.45, 2.75) is 38.9 Å². The Labute approximate surface area is 214 Å². The standard InChI is InChI=1S/C26H23BCl2N2O4/c1-25(2)26(3,4)35-27(34-25)20-10-6-8-18(23(20)29)17-7-5-9-19(22(17)28)21-12-11-16(15-32)24(31-21)33-14-13-30/h5-12,15H,14H2,1-4H3. The fraction of sp³-hybridized carbons (Fsp3) is 0.269. The Balaban J connectivity index is 1.76. The van der Waals surface area contributed by atoms with Crippen LogP contribution in [0.1, 0.15) is 38.1 Å². The van der Waals surface area contributed by atoms with Crippen molar-refractivity contribution in [1.29, 1.82) is 5.26 Å². The van der Waals surface area contributed by atoms with Crippen LogP contribution in [-0.2, 0) is 9.31 Å². The molecule has 0 saturated carbocycles. The highest BCUT2D eigenvalue weighted by Crippen LogP contribution is 2.41. The molecule has 0 radical (unpaired) electrons. The third-order valence-electron chi connectivity index (χ3n) is 6.39. The van der Waals surface area contributed by atoms with Gasteiger partial charge in [0.15, 0.2) is 12.9 Å². The van der Waals surface area contributed by atoms with Crippen LogP contribution in [0.5, 0.6) is 5.88 Å². The second-order valence-corrected chi connectivity index (χ2v) is 9.88. The number of halogens is 2. The number of carbonyl (C=O) groups is 1. The largest absolute Gasteiger partial charge is 0.496 e. The number of benzene rings is 2. The molecule has 0 N–H and O–H groups in total. The molecule has 0 aliphatic carbocycles. The Bertz CT molecular complexity index is 1320. The van der Waals surface area contributed by atoms with Crippen molar-refractivity contribution in [3.05, 3.63) is 64.1 Å². The van der Waals surface area contributed by atoms with E-state index in [1.807, 2.05) is 70.2 Å². The van der Waals surface area contributed by atoms with Crippen molar-refractivity contribution in [3.63, 3.8) is 0 Å². The molecule has 0 spiro atoms. The molecule has 0 bridgehead atoms. The van der Waals surface area contributed by atoms with E-state index in [9.17, 15) is 4.79 Å². The van der Waals surface area contributed by atoms with Crippen molar-refractivity contribution in [2.24, 2.45) is 0 Å². The van der Waals surface area contributed by atoms with Crippen LogP contribution in [0.15, 0.2) is 48.5 Å². The van der Waals surface area contributed by atoms with Crippen LogP contribution >= 0.6 is 23.2 Å². The summed E-state index contributed by atoms with van der Waals surface area (Å²) in [6, 6.07) is 16.3. The second kappa shape index (κ2) is 9.64. The molecule has 35 heavy (non-hydrogen) atoms. The molecule has 1 aromatic heterocycles. The maximum atomic E-state index is 11.3. The van der Waals surface area contributed by atoms with E-state index in [1.165, 1.54) is 0 Å². The van der Waals surface area contributed by atoms with Gasteiger partial charge in [-0.25, -0.2) is 4.98 Å². The predicted molar refractivity (Wildman–Crippen MR) is 137 cm³/mol. The van der Waals surface area contributed by atoms with E-state index in [0.29, 0.717) is 38.6 Å². The molecule has 1 saturated heterocycles. The summed E-state index contributed by atoms with van der Waals surface area (Å²) in [5.74, 6) is 0.0707. The summed E-state index contributed by atoms with van der Waals surface area (Å²) in [7, 11) is -0.619. The van der Waals surface area contributed by atoms with E-state index in [4.69, 9.17) is 42.5 Å². The Morgan fingerprint density at radius 1 is 0.971 bits per heavy atom. The number of pyridine rings is 1. The zero-order valence-corrected chi connectivity index (χ0v) is 21.3. The molecule has 4 rings (SSSR count). The van der Waals surface area contributed by atoms with E-state index in [2.05, 4.69) is 4.98 Å². The van der Waals surface area contributed by atoms with Crippen LogP contribution in [0.25, 0.3) is 22.4 Å². The van der Waals surface area contributed by atoms with Gasteiger partial charge < -0.3 is 14.0 Å². The van der Waals surface area contributed by atoms with Gasteiger partial charge in [-0.1, -0.05) is 59.6 Å². The molecular formula is C26H23BCl2N2O4. The fourth-order valence-corrected chi connectivity index (χ4v) is 4.40. The molecule has 2 heterocycles. The average Bonchev–Trinajstić information content (AvgIpc) is 3.04. The number of ether oxygens (including phenoxy) is 1. The molecule has 0 amide bonds. The molecule has 1 aliphatic heterocycles. The lowest BCUT2D eigenvalue weighted by Gasteiger charge is -2.32. The van der Waals surface area contributed by atoms with Crippen LogP contribution in [0.2, 0.25) is 10.0 Å². The molecule has 1 aliphatic rings. The van der Waals surface area contributed by atoms with Gasteiger partial charge in [0.25, 0.3) is 0 Å². The third-order valence-corrected chi connectivity index (χ3v) is 7.22. The van der Waals surface area contributed by atoms with E-state index >= 15 is 0 Å². The minimum absolute atomic E-state index is 0.0707. The van der Waals surface area contributed by atoms with Crippen LogP contribution in [0.3, 0.4) is 0 Å². The van der Waals surface area contributed by atoms with E-state index in [-0.39, 0.29) is 18.1 Å². The van der Waals surface area contributed by atoms with Crippen molar-refractivity contribution < 1.29 is 18.8 Å². The van der Waals surface area contributed by atoms with Gasteiger partial charge in [-0.3, -0.25) is 4.79 Å². The van der Waals surface area contributed by atoms with E-state index in [1.54, 1.807) is 12.1 Å². The smallest absolute Gasteiger partial charge is 0.462 e. The number of hydrogen-bond donors (Lipinski definition) is 0. The van der Waals surface area contributed by atoms with Crippen molar-refractivity contribution in [3.8, 4) is 34.3 Å². The Kier molecular flexibility index (Phi) is 6.94. The summed E-state index contributed by atoms with van der Waals surface area (Å²) in [6.45, 7) is 7.72. The number of carbonyl (C=O) groups excluding carboxylic acids is 1. The zero-order chi connectivity index (χ0) is 25.4. The quantitative estimate of drug-likeness (QED) is 0.312. The summed E-state index contributed by atoms with van der Waals surface area (Å²) in [5, 5.41) is 9.73. The maximum absolute atomic E-state index is 11.3. The normalized spacial score (nSPS) is 16.1. The first-order valence-corrected chi connectivity index (χ1v) is 11.7. The fourth-order valence-electron chi connectivity index (χ4n) is 3.75. The Morgan fingerprint density at radius 2 is 1.57 bits per heavy atom. The Morgan fingerprint density at radius 3 is 2.20 bits per heavy atom. The highest BCUT2D eigenvalue weighted by molar-refractivity contribution is 6.66. The van der Waals surface area contributed by atoms with Crippen LogP contribution < -0.4 is 10.2 Å². The highest BCUT2D eigenvalue weighted by Gasteiger charge is 2.52.